The molecular weight excluding hydrogens is 342 g/mol. The molecule has 0 atom stereocenters. The number of amides is 1. The van der Waals surface area contributed by atoms with E-state index in [4.69, 9.17) is 9.47 Å². The summed E-state index contributed by atoms with van der Waals surface area (Å²) >= 11 is 0. The van der Waals surface area contributed by atoms with E-state index < -0.39 is 0 Å². The van der Waals surface area contributed by atoms with E-state index in [-0.39, 0.29) is 12.5 Å². The molecule has 0 radical (unpaired) electrons. The highest BCUT2D eigenvalue weighted by Crippen LogP contribution is 2.18. The van der Waals surface area contributed by atoms with E-state index in [0.717, 1.165) is 32.7 Å². The second kappa shape index (κ2) is 9.83. The molecule has 3 rings (SSSR count). The number of nitrogens with zero attached hydrogens (tertiary/aromatic N) is 2. The van der Waals surface area contributed by atoms with Gasteiger partial charge in [0.2, 0.25) is 0 Å². The highest BCUT2D eigenvalue weighted by Gasteiger charge is 2.16. The number of carbonyl (C=O) groups excluding carboxylic acids is 1. The molecule has 144 valence electrons. The van der Waals surface area contributed by atoms with Gasteiger partial charge < -0.3 is 19.7 Å². The van der Waals surface area contributed by atoms with Gasteiger partial charge in [-0.3, -0.25) is 9.69 Å². The number of hydrogen-bond acceptors (Lipinski definition) is 5. The molecular formula is C21H27N3O3. The third kappa shape index (κ3) is 5.89. The predicted octanol–water partition coefficient (Wildman–Crippen LogP) is 2.01. The first kappa shape index (κ1) is 19.0. The molecule has 2 aromatic carbocycles. The van der Waals surface area contributed by atoms with Gasteiger partial charge in [-0.25, -0.2) is 0 Å². The Kier molecular flexibility index (Phi) is 6.93. The van der Waals surface area contributed by atoms with Crippen LogP contribution in [0.3, 0.4) is 0 Å². The van der Waals surface area contributed by atoms with Crippen LogP contribution in [-0.4, -0.2) is 63.8 Å². The van der Waals surface area contributed by atoms with Crippen LogP contribution in [0.5, 0.6) is 11.5 Å². The van der Waals surface area contributed by atoms with Crippen LogP contribution in [0.15, 0.2) is 54.6 Å². The van der Waals surface area contributed by atoms with E-state index in [0.29, 0.717) is 18.0 Å². The summed E-state index contributed by atoms with van der Waals surface area (Å²) in [5, 5.41) is 2.92. The minimum atomic E-state index is -0.110. The fourth-order valence-corrected chi connectivity index (χ4v) is 3.11. The molecule has 0 bridgehead atoms. The van der Waals surface area contributed by atoms with Crippen LogP contribution in [0.1, 0.15) is 0 Å². The average molecular weight is 369 g/mol. The third-order valence-electron chi connectivity index (χ3n) is 4.65. The van der Waals surface area contributed by atoms with Crippen LogP contribution in [0.4, 0.5) is 5.69 Å². The highest BCUT2D eigenvalue weighted by atomic mass is 16.5. The van der Waals surface area contributed by atoms with Crippen molar-refractivity contribution in [2.24, 2.45) is 0 Å². The molecule has 0 aliphatic carbocycles. The Bertz CT molecular complexity index is 716. The SMILES string of the molecule is COc1cccc(OCC(=O)NCCN2CCN(c3ccccc3)CC2)c1. The molecule has 0 aromatic heterocycles. The van der Waals surface area contributed by atoms with Crippen LogP contribution in [0, 0.1) is 0 Å². The van der Waals surface area contributed by atoms with Crippen molar-refractivity contribution < 1.29 is 14.3 Å². The number of hydrogen-bond donors (Lipinski definition) is 1. The monoisotopic (exact) mass is 369 g/mol. The lowest BCUT2D eigenvalue weighted by atomic mass is 10.2. The maximum atomic E-state index is 12.0. The molecule has 2 aromatic rings. The van der Waals surface area contributed by atoms with E-state index in [9.17, 15) is 4.79 Å². The van der Waals surface area contributed by atoms with Gasteiger partial charge in [-0.15, -0.1) is 0 Å². The zero-order valence-electron chi connectivity index (χ0n) is 15.8. The van der Waals surface area contributed by atoms with Gasteiger partial charge in [-0.2, -0.15) is 0 Å². The number of piperazine rings is 1. The van der Waals surface area contributed by atoms with E-state index in [1.807, 2.05) is 24.3 Å². The number of anilines is 1. The molecule has 6 heteroatoms. The van der Waals surface area contributed by atoms with Crippen LogP contribution in [0.2, 0.25) is 0 Å². The van der Waals surface area contributed by atoms with E-state index in [2.05, 4.69) is 39.4 Å². The maximum absolute atomic E-state index is 12.0. The molecule has 1 aliphatic rings. The summed E-state index contributed by atoms with van der Waals surface area (Å²) in [4.78, 5) is 16.7. The largest absolute Gasteiger partial charge is 0.497 e. The van der Waals surface area contributed by atoms with Crippen molar-refractivity contribution >= 4 is 11.6 Å². The Balaban J connectivity index is 1.31. The fraction of sp³-hybridized carbons (Fsp3) is 0.381. The molecule has 27 heavy (non-hydrogen) atoms. The van der Waals surface area contributed by atoms with Crippen LogP contribution >= 0.6 is 0 Å². The van der Waals surface area contributed by atoms with Gasteiger partial charge in [-0.1, -0.05) is 24.3 Å². The van der Waals surface area contributed by atoms with Gasteiger partial charge in [0, 0.05) is 51.0 Å². The number of benzene rings is 2. The van der Waals surface area contributed by atoms with Gasteiger partial charge in [0.05, 0.1) is 7.11 Å². The Morgan fingerprint density at radius 2 is 1.74 bits per heavy atom. The summed E-state index contributed by atoms with van der Waals surface area (Å²) in [5.41, 5.74) is 1.28. The lowest BCUT2D eigenvalue weighted by Crippen LogP contribution is -2.48. The summed E-state index contributed by atoms with van der Waals surface area (Å²) in [6, 6.07) is 17.7. The first-order valence-corrected chi connectivity index (χ1v) is 9.30. The number of nitrogens with one attached hydrogen (secondary N) is 1. The fourth-order valence-electron chi connectivity index (χ4n) is 3.11. The molecule has 1 saturated heterocycles. The molecule has 6 nitrogen and oxygen atoms in total. The Hall–Kier alpha value is -2.73. The number of carbonyl (C=O) groups is 1. The smallest absolute Gasteiger partial charge is 0.257 e. The van der Waals surface area contributed by atoms with Crippen molar-refractivity contribution in [3.8, 4) is 11.5 Å². The van der Waals surface area contributed by atoms with Crippen LogP contribution in [-0.2, 0) is 4.79 Å². The van der Waals surface area contributed by atoms with Crippen molar-refractivity contribution in [3.05, 3.63) is 54.6 Å². The number of para-hydroxylation sites is 1. The number of ether oxygens (including phenoxy) is 2. The van der Waals surface area contributed by atoms with Gasteiger partial charge in [0.1, 0.15) is 11.5 Å². The lowest BCUT2D eigenvalue weighted by Gasteiger charge is -2.36. The van der Waals surface area contributed by atoms with E-state index in [1.54, 1.807) is 13.2 Å². The van der Waals surface area contributed by atoms with E-state index >= 15 is 0 Å². The maximum Gasteiger partial charge on any atom is 0.257 e. The highest BCUT2D eigenvalue weighted by molar-refractivity contribution is 5.77. The quantitative estimate of drug-likeness (QED) is 0.772. The lowest BCUT2D eigenvalue weighted by molar-refractivity contribution is -0.123. The Morgan fingerprint density at radius 1 is 1.00 bits per heavy atom. The Morgan fingerprint density at radius 3 is 2.48 bits per heavy atom. The Labute approximate surface area is 160 Å². The van der Waals surface area contributed by atoms with Crippen molar-refractivity contribution in [1.29, 1.82) is 0 Å². The normalized spacial score (nSPS) is 14.6. The van der Waals surface area contributed by atoms with Gasteiger partial charge in [0.15, 0.2) is 6.61 Å². The second-order valence-electron chi connectivity index (χ2n) is 6.48. The summed E-state index contributed by atoms with van der Waals surface area (Å²) in [5.74, 6) is 1.23. The van der Waals surface area contributed by atoms with Crippen LogP contribution < -0.4 is 19.7 Å². The zero-order valence-corrected chi connectivity index (χ0v) is 15.8. The second-order valence-corrected chi connectivity index (χ2v) is 6.48. The first-order valence-electron chi connectivity index (χ1n) is 9.30. The van der Waals surface area contributed by atoms with Gasteiger partial charge in [-0.05, 0) is 24.3 Å². The topological polar surface area (TPSA) is 54.0 Å². The molecule has 1 aliphatic heterocycles. The summed E-state index contributed by atoms with van der Waals surface area (Å²) < 4.78 is 10.6. The van der Waals surface area contributed by atoms with Crippen molar-refractivity contribution in [2.75, 3.05) is 57.9 Å². The molecule has 1 amide bonds. The van der Waals surface area contributed by atoms with Gasteiger partial charge in [0.25, 0.3) is 5.91 Å². The molecule has 1 fully saturated rings. The van der Waals surface area contributed by atoms with Crippen molar-refractivity contribution in [3.63, 3.8) is 0 Å². The standard InChI is InChI=1S/C21H27N3O3/c1-26-19-8-5-9-20(16-19)27-17-21(25)22-10-11-23-12-14-24(15-13-23)18-6-3-2-4-7-18/h2-9,16H,10-15,17H2,1H3,(H,22,25). The summed E-state index contributed by atoms with van der Waals surface area (Å²) in [7, 11) is 1.60. The first-order chi connectivity index (χ1) is 13.2. The molecule has 1 N–H and O–H groups in total. The number of rotatable bonds is 8. The molecule has 0 unspecified atom stereocenters. The summed E-state index contributed by atoms with van der Waals surface area (Å²) in [6.07, 6.45) is 0. The van der Waals surface area contributed by atoms with E-state index in [1.165, 1.54) is 5.69 Å². The predicted molar refractivity (Wildman–Crippen MR) is 107 cm³/mol. The van der Waals surface area contributed by atoms with Crippen LogP contribution in [0.25, 0.3) is 0 Å². The molecule has 0 saturated carbocycles. The molecule has 1 heterocycles. The van der Waals surface area contributed by atoms with Gasteiger partial charge >= 0.3 is 0 Å². The van der Waals surface area contributed by atoms with Crippen molar-refractivity contribution in [1.82, 2.24) is 10.2 Å². The number of methoxy groups -OCH3 is 1. The average Bonchev–Trinajstić information content (AvgIpc) is 2.73. The third-order valence-corrected chi connectivity index (χ3v) is 4.65. The molecule has 0 spiro atoms. The van der Waals surface area contributed by atoms with Crippen molar-refractivity contribution in [2.45, 2.75) is 0 Å². The minimum absolute atomic E-state index is 0.00888. The minimum Gasteiger partial charge on any atom is -0.497 e. The summed E-state index contributed by atoms with van der Waals surface area (Å²) in [6.45, 7) is 5.53. The zero-order chi connectivity index (χ0) is 18.9.